The minimum Gasteiger partial charge on any atom is -0.480 e. The average molecular weight is 423 g/mol. The van der Waals surface area contributed by atoms with Gasteiger partial charge in [0.05, 0.1) is 0 Å². The number of alkyl carbamates (subject to hydrolysis) is 1. The van der Waals surface area contributed by atoms with Crippen molar-refractivity contribution in [2.24, 2.45) is 0 Å². The fourth-order valence-corrected chi connectivity index (χ4v) is 3.89. The molecule has 5 nitrogen and oxygen atoms in total. The molecule has 3 aromatic rings. The van der Waals surface area contributed by atoms with Gasteiger partial charge in [-0.15, -0.1) is 0 Å². The fourth-order valence-electron chi connectivity index (χ4n) is 3.89. The van der Waals surface area contributed by atoms with Crippen molar-refractivity contribution >= 4 is 12.1 Å². The SMILES string of the molecule is O=C(NC(C(=O)O)C(F)(F)c1ccccc1)OCC1c2ccccc2-c2ccccc21. The molecule has 0 radical (unpaired) electrons. The summed E-state index contributed by atoms with van der Waals surface area (Å²) in [6.45, 7) is -0.108. The molecule has 0 heterocycles. The second-order valence-electron chi connectivity index (χ2n) is 7.23. The maximum atomic E-state index is 14.7. The molecule has 3 aromatic carbocycles. The van der Waals surface area contributed by atoms with Gasteiger partial charge < -0.3 is 15.2 Å². The standard InChI is InChI=1S/C24H19F2NO4/c25-24(26,15-8-2-1-3-9-15)21(22(28)29)27-23(30)31-14-20-18-12-6-4-10-16(18)17-11-5-7-13-19(17)20/h1-13,20-21H,14H2,(H,27,30)(H,28,29). The van der Waals surface area contributed by atoms with E-state index in [4.69, 9.17) is 4.74 Å². The number of amides is 1. The number of carboxylic acid groups (broad SMARTS) is 1. The molecule has 158 valence electrons. The molecule has 0 bridgehead atoms. The maximum Gasteiger partial charge on any atom is 0.408 e. The van der Waals surface area contributed by atoms with Crippen molar-refractivity contribution in [1.29, 1.82) is 0 Å². The third-order valence-corrected chi connectivity index (χ3v) is 5.37. The molecule has 31 heavy (non-hydrogen) atoms. The first-order chi connectivity index (χ1) is 14.9. The molecule has 7 heteroatoms. The summed E-state index contributed by atoms with van der Waals surface area (Å²) < 4.78 is 34.6. The van der Waals surface area contributed by atoms with Crippen LogP contribution in [0.5, 0.6) is 0 Å². The Bertz CT molecular complexity index is 1070. The number of carboxylic acids is 1. The summed E-state index contributed by atoms with van der Waals surface area (Å²) in [4.78, 5) is 23.8. The number of benzene rings is 3. The van der Waals surface area contributed by atoms with Crippen molar-refractivity contribution in [2.45, 2.75) is 17.9 Å². The van der Waals surface area contributed by atoms with Gasteiger partial charge in [0.25, 0.3) is 0 Å². The Hall–Kier alpha value is -3.74. The van der Waals surface area contributed by atoms with Crippen molar-refractivity contribution in [1.82, 2.24) is 5.32 Å². The van der Waals surface area contributed by atoms with E-state index in [0.717, 1.165) is 34.4 Å². The van der Waals surface area contributed by atoms with Crippen LogP contribution in [0.15, 0.2) is 78.9 Å². The Morgan fingerprint density at radius 1 is 0.903 bits per heavy atom. The van der Waals surface area contributed by atoms with Crippen molar-refractivity contribution in [3.63, 3.8) is 0 Å². The Balaban J connectivity index is 1.49. The molecule has 0 fully saturated rings. The van der Waals surface area contributed by atoms with Crippen LogP contribution < -0.4 is 5.32 Å². The Morgan fingerprint density at radius 3 is 1.97 bits per heavy atom. The number of ether oxygens (including phenoxy) is 1. The van der Waals surface area contributed by atoms with Crippen LogP contribution in [0.2, 0.25) is 0 Å². The van der Waals surface area contributed by atoms with E-state index in [-0.39, 0.29) is 12.5 Å². The summed E-state index contributed by atoms with van der Waals surface area (Å²) in [5.74, 6) is -5.95. The van der Waals surface area contributed by atoms with E-state index in [1.807, 2.05) is 53.8 Å². The quantitative estimate of drug-likeness (QED) is 0.599. The number of carbonyl (C=O) groups is 2. The fraction of sp³-hybridized carbons (Fsp3) is 0.167. The van der Waals surface area contributed by atoms with Crippen LogP contribution in [0.3, 0.4) is 0 Å². The summed E-state index contributed by atoms with van der Waals surface area (Å²) in [6, 6.07) is 19.4. The topological polar surface area (TPSA) is 75.6 Å². The lowest BCUT2D eigenvalue weighted by molar-refractivity contribution is -0.151. The van der Waals surface area contributed by atoms with Crippen LogP contribution in [-0.4, -0.2) is 29.8 Å². The first-order valence-electron chi connectivity index (χ1n) is 9.67. The molecule has 0 aromatic heterocycles. The number of alkyl halides is 2. The van der Waals surface area contributed by atoms with Crippen molar-refractivity contribution in [3.8, 4) is 11.1 Å². The minimum absolute atomic E-state index is 0.108. The molecule has 1 atom stereocenters. The van der Waals surface area contributed by atoms with E-state index in [2.05, 4.69) is 0 Å². The summed E-state index contributed by atoms with van der Waals surface area (Å²) in [7, 11) is 0. The molecule has 2 N–H and O–H groups in total. The van der Waals surface area contributed by atoms with E-state index in [1.54, 1.807) is 0 Å². The summed E-state index contributed by atoms with van der Waals surface area (Å²) in [5, 5.41) is 11.1. The van der Waals surface area contributed by atoms with E-state index in [9.17, 15) is 23.5 Å². The molecule has 0 spiro atoms. The first-order valence-corrected chi connectivity index (χ1v) is 9.67. The van der Waals surface area contributed by atoms with Crippen LogP contribution in [0.4, 0.5) is 13.6 Å². The molecule has 1 aliphatic carbocycles. The number of halogens is 2. The molecular formula is C24H19F2NO4. The predicted molar refractivity (Wildman–Crippen MR) is 110 cm³/mol. The number of rotatable bonds is 6. The van der Waals surface area contributed by atoms with Gasteiger partial charge in [0, 0.05) is 11.5 Å². The lowest BCUT2D eigenvalue weighted by Gasteiger charge is -2.25. The molecule has 0 saturated carbocycles. The van der Waals surface area contributed by atoms with Gasteiger partial charge in [-0.25, -0.2) is 9.59 Å². The lowest BCUT2D eigenvalue weighted by Crippen LogP contribution is -2.51. The third-order valence-electron chi connectivity index (χ3n) is 5.37. The zero-order valence-electron chi connectivity index (χ0n) is 16.3. The van der Waals surface area contributed by atoms with Gasteiger partial charge in [-0.05, 0) is 22.3 Å². The number of hydrogen-bond donors (Lipinski definition) is 2. The van der Waals surface area contributed by atoms with Crippen molar-refractivity contribution < 1.29 is 28.2 Å². The average Bonchev–Trinajstić information content (AvgIpc) is 3.10. The van der Waals surface area contributed by atoms with Crippen LogP contribution in [-0.2, 0) is 15.5 Å². The first kappa shape index (κ1) is 20.5. The van der Waals surface area contributed by atoms with Crippen LogP contribution in [0, 0.1) is 0 Å². The summed E-state index contributed by atoms with van der Waals surface area (Å²) in [5.41, 5.74) is 3.44. The number of fused-ring (bicyclic) bond motifs is 3. The van der Waals surface area contributed by atoms with E-state index in [1.165, 1.54) is 18.2 Å². The largest absolute Gasteiger partial charge is 0.480 e. The number of hydrogen-bond acceptors (Lipinski definition) is 3. The molecule has 1 amide bonds. The zero-order valence-corrected chi connectivity index (χ0v) is 16.3. The zero-order chi connectivity index (χ0) is 22.0. The number of nitrogens with one attached hydrogen (secondary N) is 1. The van der Waals surface area contributed by atoms with Gasteiger partial charge in [0.15, 0.2) is 6.04 Å². The van der Waals surface area contributed by atoms with Gasteiger partial charge in [0.2, 0.25) is 0 Å². The Labute approximate surface area is 177 Å². The normalized spacial score (nSPS) is 13.7. The maximum absolute atomic E-state index is 14.7. The molecular weight excluding hydrogens is 404 g/mol. The highest BCUT2D eigenvalue weighted by Gasteiger charge is 2.47. The Morgan fingerprint density at radius 2 is 1.42 bits per heavy atom. The van der Waals surface area contributed by atoms with Gasteiger partial charge in [-0.3, -0.25) is 0 Å². The van der Waals surface area contributed by atoms with Crippen LogP contribution >= 0.6 is 0 Å². The highest BCUT2D eigenvalue weighted by Crippen LogP contribution is 2.44. The number of carbonyl (C=O) groups excluding carboxylic acids is 1. The van der Waals surface area contributed by atoms with E-state index < -0.39 is 29.6 Å². The molecule has 0 aliphatic heterocycles. The molecule has 1 unspecified atom stereocenters. The highest BCUT2D eigenvalue weighted by molar-refractivity contribution is 5.82. The summed E-state index contributed by atoms with van der Waals surface area (Å²) >= 11 is 0. The third kappa shape index (κ3) is 3.86. The minimum atomic E-state index is -3.82. The van der Waals surface area contributed by atoms with Gasteiger partial charge in [0.1, 0.15) is 6.61 Å². The van der Waals surface area contributed by atoms with E-state index in [0.29, 0.717) is 0 Å². The second kappa shape index (κ2) is 8.18. The predicted octanol–water partition coefficient (Wildman–Crippen LogP) is 4.77. The Kier molecular flexibility index (Phi) is 5.42. The monoisotopic (exact) mass is 423 g/mol. The molecule has 4 rings (SSSR count). The van der Waals surface area contributed by atoms with Gasteiger partial charge in [-0.1, -0.05) is 78.9 Å². The number of aliphatic carboxylic acids is 1. The molecule has 1 aliphatic rings. The molecule has 0 saturated heterocycles. The summed E-state index contributed by atoms with van der Waals surface area (Å²) in [6.07, 6.45) is -1.22. The van der Waals surface area contributed by atoms with Gasteiger partial charge in [-0.2, -0.15) is 8.78 Å². The van der Waals surface area contributed by atoms with E-state index >= 15 is 0 Å². The second-order valence-corrected chi connectivity index (χ2v) is 7.23. The van der Waals surface area contributed by atoms with Crippen LogP contribution in [0.25, 0.3) is 11.1 Å². The van der Waals surface area contributed by atoms with Crippen molar-refractivity contribution in [2.75, 3.05) is 6.61 Å². The highest BCUT2D eigenvalue weighted by atomic mass is 19.3. The van der Waals surface area contributed by atoms with Gasteiger partial charge >= 0.3 is 18.0 Å². The van der Waals surface area contributed by atoms with Crippen LogP contribution in [0.1, 0.15) is 22.6 Å². The lowest BCUT2D eigenvalue weighted by atomic mass is 9.98. The van der Waals surface area contributed by atoms with Crippen molar-refractivity contribution in [3.05, 3.63) is 95.6 Å². The smallest absolute Gasteiger partial charge is 0.408 e.